The first-order chi connectivity index (χ1) is 8.13. The number of fused-ring (bicyclic) bond motifs is 1. The van der Waals surface area contributed by atoms with E-state index in [1.807, 2.05) is 0 Å². The van der Waals surface area contributed by atoms with Crippen LogP contribution in [0, 0.1) is 6.92 Å². The van der Waals surface area contributed by atoms with Crippen molar-refractivity contribution in [2.75, 3.05) is 6.54 Å². The average molecular weight is 230 g/mol. The molecule has 0 bridgehead atoms. The summed E-state index contributed by atoms with van der Waals surface area (Å²) in [5.41, 5.74) is 4.06. The zero-order valence-electron chi connectivity index (χ0n) is 11.2. The molecule has 0 radical (unpaired) electrons. The number of nitrogens with zero attached hydrogens (tertiary/aromatic N) is 1. The Morgan fingerprint density at radius 1 is 1.24 bits per heavy atom. The van der Waals surface area contributed by atoms with Crippen LogP contribution in [0.1, 0.15) is 38.1 Å². The van der Waals surface area contributed by atoms with E-state index in [0.717, 1.165) is 13.1 Å². The molecule has 0 amide bonds. The molecule has 1 aromatic heterocycles. The molecule has 2 nitrogen and oxygen atoms in total. The molecule has 1 heterocycles. The molecule has 2 aromatic rings. The Morgan fingerprint density at radius 3 is 2.65 bits per heavy atom. The SMILES string of the molecule is CCNCc1cc2ccc(C)cc2n1C(C)C. The molecule has 1 N–H and O–H groups in total. The van der Waals surface area contributed by atoms with Crippen molar-refractivity contribution in [3.8, 4) is 0 Å². The highest BCUT2D eigenvalue weighted by Crippen LogP contribution is 2.25. The van der Waals surface area contributed by atoms with Gasteiger partial charge in [0.2, 0.25) is 0 Å². The maximum Gasteiger partial charge on any atom is 0.0488 e. The van der Waals surface area contributed by atoms with Crippen molar-refractivity contribution in [3.63, 3.8) is 0 Å². The van der Waals surface area contributed by atoms with Crippen molar-refractivity contribution in [2.45, 2.75) is 40.3 Å². The Kier molecular flexibility index (Phi) is 3.53. The second-order valence-corrected chi connectivity index (χ2v) is 4.94. The highest BCUT2D eigenvalue weighted by Gasteiger charge is 2.10. The lowest BCUT2D eigenvalue weighted by Gasteiger charge is -2.15. The zero-order chi connectivity index (χ0) is 12.4. The minimum atomic E-state index is 0.503. The summed E-state index contributed by atoms with van der Waals surface area (Å²) in [6.45, 7) is 10.8. The molecule has 1 aromatic carbocycles. The Balaban J connectivity index is 2.54. The fourth-order valence-electron chi connectivity index (χ4n) is 2.39. The number of rotatable bonds is 4. The van der Waals surface area contributed by atoms with Gasteiger partial charge in [0.05, 0.1) is 0 Å². The Labute approximate surface area is 104 Å². The molecule has 2 rings (SSSR count). The summed E-state index contributed by atoms with van der Waals surface area (Å²) in [7, 11) is 0. The van der Waals surface area contributed by atoms with Gasteiger partial charge in [-0.15, -0.1) is 0 Å². The number of benzene rings is 1. The summed E-state index contributed by atoms with van der Waals surface area (Å²) in [6.07, 6.45) is 0. The first kappa shape index (κ1) is 12.2. The lowest BCUT2D eigenvalue weighted by atomic mass is 10.2. The molecule has 17 heavy (non-hydrogen) atoms. The topological polar surface area (TPSA) is 17.0 Å². The fraction of sp³-hybridized carbons (Fsp3) is 0.467. The summed E-state index contributed by atoms with van der Waals surface area (Å²) >= 11 is 0. The Morgan fingerprint density at radius 2 is 2.00 bits per heavy atom. The molecule has 0 aliphatic carbocycles. The maximum absolute atomic E-state index is 3.41. The second-order valence-electron chi connectivity index (χ2n) is 4.94. The summed E-state index contributed by atoms with van der Waals surface area (Å²) in [5.74, 6) is 0. The molecule has 2 heteroatoms. The monoisotopic (exact) mass is 230 g/mol. The van der Waals surface area contributed by atoms with Crippen LogP contribution in [0.25, 0.3) is 10.9 Å². The number of hydrogen-bond acceptors (Lipinski definition) is 1. The minimum Gasteiger partial charge on any atom is -0.341 e. The van der Waals surface area contributed by atoms with E-state index in [0.29, 0.717) is 6.04 Å². The predicted octanol–water partition coefficient (Wildman–Crippen LogP) is 3.64. The van der Waals surface area contributed by atoms with Crippen LogP contribution in [-0.4, -0.2) is 11.1 Å². The van der Waals surface area contributed by atoms with E-state index in [9.17, 15) is 0 Å². The van der Waals surface area contributed by atoms with Crippen LogP contribution >= 0.6 is 0 Å². The third-order valence-corrected chi connectivity index (χ3v) is 3.15. The fourth-order valence-corrected chi connectivity index (χ4v) is 2.39. The molecular formula is C15H22N2. The molecule has 0 atom stereocenters. The van der Waals surface area contributed by atoms with Crippen molar-refractivity contribution in [1.29, 1.82) is 0 Å². The normalized spacial score (nSPS) is 11.6. The standard InChI is InChI=1S/C15H22N2/c1-5-16-10-14-9-13-7-6-12(4)8-15(13)17(14)11(2)3/h6-9,11,16H,5,10H2,1-4H3. The van der Waals surface area contributed by atoms with Gasteiger partial charge in [-0.1, -0.05) is 19.1 Å². The smallest absolute Gasteiger partial charge is 0.0488 e. The molecule has 0 saturated carbocycles. The highest BCUT2D eigenvalue weighted by atomic mass is 15.0. The van der Waals surface area contributed by atoms with Crippen LogP contribution in [0.15, 0.2) is 24.3 Å². The van der Waals surface area contributed by atoms with Gasteiger partial charge in [-0.2, -0.15) is 0 Å². The maximum atomic E-state index is 3.41. The van der Waals surface area contributed by atoms with Crippen LogP contribution < -0.4 is 5.32 Å². The van der Waals surface area contributed by atoms with Gasteiger partial charge in [0, 0.05) is 23.8 Å². The van der Waals surface area contributed by atoms with Gasteiger partial charge in [0.25, 0.3) is 0 Å². The van der Waals surface area contributed by atoms with Gasteiger partial charge >= 0.3 is 0 Å². The summed E-state index contributed by atoms with van der Waals surface area (Å²) in [4.78, 5) is 0. The van der Waals surface area contributed by atoms with E-state index in [-0.39, 0.29) is 0 Å². The second kappa shape index (κ2) is 4.92. The van der Waals surface area contributed by atoms with E-state index in [1.165, 1.54) is 22.2 Å². The van der Waals surface area contributed by atoms with Gasteiger partial charge in [-0.25, -0.2) is 0 Å². The lowest BCUT2D eigenvalue weighted by Crippen LogP contribution is -2.16. The molecule has 92 valence electrons. The van der Waals surface area contributed by atoms with Gasteiger partial charge < -0.3 is 9.88 Å². The van der Waals surface area contributed by atoms with Crippen LogP contribution in [0.3, 0.4) is 0 Å². The van der Waals surface area contributed by atoms with Crippen molar-refractivity contribution >= 4 is 10.9 Å². The number of hydrogen-bond donors (Lipinski definition) is 1. The molecule has 0 spiro atoms. The zero-order valence-corrected chi connectivity index (χ0v) is 11.2. The van der Waals surface area contributed by atoms with Crippen LogP contribution in [0.4, 0.5) is 0 Å². The largest absolute Gasteiger partial charge is 0.341 e. The van der Waals surface area contributed by atoms with Gasteiger partial charge in [-0.3, -0.25) is 0 Å². The predicted molar refractivity (Wildman–Crippen MR) is 74.4 cm³/mol. The first-order valence-electron chi connectivity index (χ1n) is 6.44. The van der Waals surface area contributed by atoms with E-state index >= 15 is 0 Å². The molecule has 0 aliphatic heterocycles. The minimum absolute atomic E-state index is 0.503. The molecule has 0 aliphatic rings. The van der Waals surface area contributed by atoms with E-state index < -0.39 is 0 Å². The van der Waals surface area contributed by atoms with Crippen LogP contribution in [-0.2, 0) is 6.54 Å². The van der Waals surface area contributed by atoms with E-state index in [1.54, 1.807) is 0 Å². The molecule has 0 fully saturated rings. The summed E-state index contributed by atoms with van der Waals surface area (Å²) in [5, 5.41) is 4.76. The quantitative estimate of drug-likeness (QED) is 0.848. The van der Waals surface area contributed by atoms with E-state index in [2.05, 4.69) is 61.8 Å². The summed E-state index contributed by atoms with van der Waals surface area (Å²) < 4.78 is 2.44. The van der Waals surface area contributed by atoms with Crippen molar-refractivity contribution in [2.24, 2.45) is 0 Å². The van der Waals surface area contributed by atoms with Gasteiger partial charge in [0.1, 0.15) is 0 Å². The van der Waals surface area contributed by atoms with Crippen LogP contribution in [0.5, 0.6) is 0 Å². The molecular weight excluding hydrogens is 208 g/mol. The third-order valence-electron chi connectivity index (χ3n) is 3.15. The van der Waals surface area contributed by atoms with Crippen molar-refractivity contribution in [3.05, 3.63) is 35.5 Å². The van der Waals surface area contributed by atoms with Gasteiger partial charge in [-0.05, 0) is 50.4 Å². The van der Waals surface area contributed by atoms with Crippen molar-refractivity contribution < 1.29 is 0 Å². The first-order valence-corrected chi connectivity index (χ1v) is 6.44. The molecule has 0 unspecified atom stereocenters. The third kappa shape index (κ3) is 2.37. The number of aromatic nitrogens is 1. The van der Waals surface area contributed by atoms with Gasteiger partial charge in [0.15, 0.2) is 0 Å². The highest BCUT2D eigenvalue weighted by molar-refractivity contribution is 5.82. The average Bonchev–Trinajstić information content (AvgIpc) is 2.63. The number of nitrogens with one attached hydrogen (secondary N) is 1. The Bertz CT molecular complexity index is 509. The van der Waals surface area contributed by atoms with E-state index in [4.69, 9.17) is 0 Å². The summed E-state index contributed by atoms with van der Waals surface area (Å²) in [6, 6.07) is 9.49. The Hall–Kier alpha value is -1.28. The number of aryl methyl sites for hydroxylation is 1. The lowest BCUT2D eigenvalue weighted by molar-refractivity contribution is 0.572. The molecule has 0 saturated heterocycles. The van der Waals surface area contributed by atoms with Crippen LogP contribution in [0.2, 0.25) is 0 Å². The van der Waals surface area contributed by atoms with Crippen molar-refractivity contribution in [1.82, 2.24) is 9.88 Å².